The van der Waals surface area contributed by atoms with Crippen LogP contribution in [0.5, 0.6) is 0 Å². The van der Waals surface area contributed by atoms with E-state index in [-0.39, 0.29) is 36.2 Å². The molecule has 1 aliphatic heterocycles. The van der Waals surface area contributed by atoms with E-state index in [9.17, 15) is 9.59 Å². The number of ether oxygens (including phenoxy) is 1. The number of rotatable bonds is 5. The van der Waals surface area contributed by atoms with Gasteiger partial charge in [-0.05, 0) is 11.5 Å². The zero-order valence-corrected chi connectivity index (χ0v) is 12.9. The number of carbonyl (C=O) groups is 2. The quantitative estimate of drug-likeness (QED) is 0.785. The number of Topliss-reactive ketones (excluding diaryl/α,β-unsaturated/α-hetero) is 1. The molecule has 0 radical (unpaired) electrons. The molecular formula is C16H20ClNO3. The topological polar surface area (TPSA) is 46.6 Å². The minimum atomic E-state index is -0.359. The van der Waals surface area contributed by atoms with Gasteiger partial charge in [-0.3, -0.25) is 4.79 Å². The number of alkyl halides is 1. The molecule has 1 amide bonds. The lowest BCUT2D eigenvalue weighted by Gasteiger charge is -2.16. The standard InChI is InChI=1S/C16H20ClNO3/c1-2-13-9-18(10-14(13)15(19)8-17)16(20)21-11-12-6-4-3-5-7-12/h3-7,13-14H,2,8-11H2,1H3/t13-,14+/m1/s1. The highest BCUT2D eigenvalue weighted by Gasteiger charge is 2.38. The Hall–Kier alpha value is -1.55. The van der Waals surface area contributed by atoms with Crippen molar-refractivity contribution in [2.45, 2.75) is 20.0 Å². The first-order valence-electron chi connectivity index (χ1n) is 7.20. The largest absolute Gasteiger partial charge is 0.445 e. The van der Waals surface area contributed by atoms with Crippen LogP contribution >= 0.6 is 11.6 Å². The van der Waals surface area contributed by atoms with Gasteiger partial charge in [0.2, 0.25) is 0 Å². The van der Waals surface area contributed by atoms with Crippen molar-refractivity contribution in [2.75, 3.05) is 19.0 Å². The van der Waals surface area contributed by atoms with E-state index in [1.807, 2.05) is 37.3 Å². The van der Waals surface area contributed by atoms with Crippen LogP contribution in [-0.2, 0) is 16.1 Å². The average molecular weight is 310 g/mol. The van der Waals surface area contributed by atoms with Crippen LogP contribution in [-0.4, -0.2) is 35.7 Å². The molecule has 1 fully saturated rings. The van der Waals surface area contributed by atoms with Gasteiger partial charge in [0, 0.05) is 19.0 Å². The minimum Gasteiger partial charge on any atom is -0.445 e. The molecule has 1 aliphatic rings. The summed E-state index contributed by atoms with van der Waals surface area (Å²) in [4.78, 5) is 25.5. The predicted octanol–water partition coefficient (Wildman–Crippen LogP) is 3.09. The summed E-state index contributed by atoms with van der Waals surface area (Å²) in [7, 11) is 0. The van der Waals surface area contributed by atoms with Gasteiger partial charge in [0.15, 0.2) is 5.78 Å². The van der Waals surface area contributed by atoms with E-state index < -0.39 is 0 Å². The Labute approximate surface area is 130 Å². The van der Waals surface area contributed by atoms with Crippen molar-refractivity contribution in [1.29, 1.82) is 0 Å². The van der Waals surface area contributed by atoms with Crippen LogP contribution in [0.1, 0.15) is 18.9 Å². The number of carbonyl (C=O) groups excluding carboxylic acids is 2. The molecule has 0 bridgehead atoms. The van der Waals surface area contributed by atoms with Crippen LogP contribution in [0.4, 0.5) is 4.79 Å². The van der Waals surface area contributed by atoms with Gasteiger partial charge in [-0.25, -0.2) is 4.79 Å². The first-order valence-corrected chi connectivity index (χ1v) is 7.73. The van der Waals surface area contributed by atoms with Gasteiger partial charge in [0.25, 0.3) is 0 Å². The normalized spacial score (nSPS) is 21.3. The van der Waals surface area contributed by atoms with Crippen molar-refractivity contribution in [1.82, 2.24) is 4.90 Å². The minimum absolute atomic E-state index is 0.00801. The summed E-state index contributed by atoms with van der Waals surface area (Å²) in [5.74, 6) is 0.0489. The van der Waals surface area contributed by atoms with E-state index in [0.29, 0.717) is 13.1 Å². The summed E-state index contributed by atoms with van der Waals surface area (Å²) < 4.78 is 5.31. The van der Waals surface area contributed by atoms with Crippen LogP contribution in [0, 0.1) is 11.8 Å². The summed E-state index contributed by atoms with van der Waals surface area (Å²) in [6.45, 7) is 3.26. The Morgan fingerprint density at radius 3 is 2.62 bits per heavy atom. The van der Waals surface area contributed by atoms with Crippen LogP contribution in [0.2, 0.25) is 0 Å². The molecule has 5 heteroatoms. The molecule has 0 N–H and O–H groups in total. The molecular weight excluding hydrogens is 290 g/mol. The Morgan fingerprint density at radius 2 is 2.00 bits per heavy atom. The van der Waals surface area contributed by atoms with Crippen LogP contribution in [0.25, 0.3) is 0 Å². The van der Waals surface area contributed by atoms with E-state index in [2.05, 4.69) is 0 Å². The molecule has 4 nitrogen and oxygen atoms in total. The zero-order valence-electron chi connectivity index (χ0n) is 12.1. The smallest absolute Gasteiger partial charge is 0.410 e. The average Bonchev–Trinajstić information content (AvgIpc) is 2.97. The molecule has 0 spiro atoms. The van der Waals surface area contributed by atoms with E-state index in [0.717, 1.165) is 12.0 Å². The van der Waals surface area contributed by atoms with Gasteiger partial charge in [-0.1, -0.05) is 43.7 Å². The number of ketones is 1. The summed E-state index contributed by atoms with van der Waals surface area (Å²) in [5, 5.41) is 0. The summed E-state index contributed by atoms with van der Waals surface area (Å²) in [6.07, 6.45) is 0.498. The second-order valence-electron chi connectivity index (χ2n) is 5.32. The number of hydrogen-bond donors (Lipinski definition) is 0. The third-order valence-electron chi connectivity index (χ3n) is 3.97. The fourth-order valence-corrected chi connectivity index (χ4v) is 2.91. The lowest BCUT2D eigenvalue weighted by molar-refractivity contribution is -0.121. The molecule has 1 heterocycles. The Balaban J connectivity index is 1.90. The molecule has 1 aromatic carbocycles. The highest BCUT2D eigenvalue weighted by Crippen LogP contribution is 2.27. The van der Waals surface area contributed by atoms with E-state index >= 15 is 0 Å². The van der Waals surface area contributed by atoms with E-state index in [1.165, 1.54) is 0 Å². The number of likely N-dealkylation sites (tertiary alicyclic amines) is 1. The molecule has 1 aromatic rings. The van der Waals surface area contributed by atoms with Crippen LogP contribution < -0.4 is 0 Å². The highest BCUT2D eigenvalue weighted by atomic mass is 35.5. The Kier molecular flexibility index (Phi) is 5.62. The Bertz CT molecular complexity index is 492. The lowest BCUT2D eigenvalue weighted by atomic mass is 9.91. The Morgan fingerprint density at radius 1 is 1.29 bits per heavy atom. The molecule has 114 valence electrons. The van der Waals surface area contributed by atoms with Gasteiger partial charge >= 0.3 is 6.09 Å². The van der Waals surface area contributed by atoms with Crippen LogP contribution in [0.3, 0.4) is 0 Å². The van der Waals surface area contributed by atoms with Gasteiger partial charge < -0.3 is 9.64 Å². The number of amides is 1. The number of nitrogens with zero attached hydrogens (tertiary/aromatic N) is 1. The fraction of sp³-hybridized carbons (Fsp3) is 0.500. The lowest BCUT2D eigenvalue weighted by Crippen LogP contribution is -2.30. The second-order valence-corrected chi connectivity index (χ2v) is 5.59. The first kappa shape index (κ1) is 15.8. The summed E-state index contributed by atoms with van der Waals surface area (Å²) >= 11 is 5.64. The maximum absolute atomic E-state index is 12.1. The van der Waals surface area contributed by atoms with Crippen LogP contribution in [0.15, 0.2) is 30.3 Å². The molecule has 2 atom stereocenters. The van der Waals surface area contributed by atoms with Crippen molar-refractivity contribution in [3.05, 3.63) is 35.9 Å². The molecule has 0 saturated carbocycles. The van der Waals surface area contributed by atoms with Crippen molar-refractivity contribution < 1.29 is 14.3 Å². The third-order valence-corrected chi connectivity index (χ3v) is 4.24. The highest BCUT2D eigenvalue weighted by molar-refractivity contribution is 6.28. The van der Waals surface area contributed by atoms with E-state index in [1.54, 1.807) is 4.90 Å². The SMILES string of the molecule is CC[C@@H]1CN(C(=O)OCc2ccccc2)C[C@@H]1C(=O)CCl. The van der Waals surface area contributed by atoms with Gasteiger partial charge in [0.05, 0.1) is 5.88 Å². The summed E-state index contributed by atoms with van der Waals surface area (Å²) in [5.41, 5.74) is 0.950. The van der Waals surface area contributed by atoms with E-state index in [4.69, 9.17) is 16.3 Å². The van der Waals surface area contributed by atoms with Crippen molar-refractivity contribution in [2.24, 2.45) is 11.8 Å². The third kappa shape index (κ3) is 3.97. The fourth-order valence-electron chi connectivity index (χ4n) is 2.71. The van der Waals surface area contributed by atoms with Crippen molar-refractivity contribution >= 4 is 23.5 Å². The van der Waals surface area contributed by atoms with Gasteiger partial charge in [0.1, 0.15) is 6.61 Å². The molecule has 2 rings (SSSR count). The maximum Gasteiger partial charge on any atom is 0.410 e. The van der Waals surface area contributed by atoms with Gasteiger partial charge in [-0.15, -0.1) is 11.6 Å². The molecule has 1 saturated heterocycles. The molecule has 0 aromatic heterocycles. The van der Waals surface area contributed by atoms with Gasteiger partial charge in [-0.2, -0.15) is 0 Å². The molecule has 21 heavy (non-hydrogen) atoms. The number of benzene rings is 1. The maximum atomic E-state index is 12.1. The summed E-state index contributed by atoms with van der Waals surface area (Å²) in [6, 6.07) is 9.54. The van der Waals surface area contributed by atoms with Crippen molar-refractivity contribution in [3.8, 4) is 0 Å². The monoisotopic (exact) mass is 309 g/mol. The van der Waals surface area contributed by atoms with Crippen molar-refractivity contribution in [3.63, 3.8) is 0 Å². The zero-order chi connectivity index (χ0) is 15.2. The predicted molar refractivity (Wildman–Crippen MR) is 81.2 cm³/mol. The number of hydrogen-bond acceptors (Lipinski definition) is 3. The molecule has 0 aliphatic carbocycles. The number of halogens is 1. The second kappa shape index (κ2) is 7.46. The first-order chi connectivity index (χ1) is 10.2. The molecule has 0 unspecified atom stereocenters.